The number of hydrogen-bond donors (Lipinski definition) is 2. The van der Waals surface area contributed by atoms with E-state index in [2.05, 4.69) is 10.6 Å². The van der Waals surface area contributed by atoms with Gasteiger partial charge in [0.1, 0.15) is 24.7 Å². The molecule has 0 saturated carbocycles. The van der Waals surface area contributed by atoms with Crippen LogP contribution in [-0.2, 0) is 0 Å². The van der Waals surface area contributed by atoms with E-state index in [1.807, 2.05) is 47.4 Å². The summed E-state index contributed by atoms with van der Waals surface area (Å²) in [7, 11) is 0. The lowest BCUT2D eigenvalue weighted by Crippen LogP contribution is -2.36. The van der Waals surface area contributed by atoms with Gasteiger partial charge >= 0.3 is 0 Å². The molecule has 37 heavy (non-hydrogen) atoms. The summed E-state index contributed by atoms with van der Waals surface area (Å²) >= 11 is 5.37. The van der Waals surface area contributed by atoms with Crippen molar-refractivity contribution in [3.05, 3.63) is 90.0 Å². The standard InChI is InChI=1S/C29H31N3O4S/c33-27(22-14-16-24(17-15-22)36-21-20-35-23-10-4-3-5-11-23)31-29(37)30-26-13-7-6-12-25(26)28(34)32-18-8-1-2-9-19-32/h3-7,10-17H,1-2,8-9,18-21H2,(H2,30,31,33,37). The number of carbonyl (C=O) groups excluding carboxylic acids is 2. The Morgan fingerprint density at radius 3 is 2.03 bits per heavy atom. The number of anilines is 1. The predicted molar refractivity (Wildman–Crippen MR) is 148 cm³/mol. The van der Waals surface area contributed by atoms with Gasteiger partial charge in [-0.2, -0.15) is 0 Å². The van der Waals surface area contributed by atoms with Crippen molar-refractivity contribution in [2.75, 3.05) is 31.6 Å². The fraction of sp³-hybridized carbons (Fsp3) is 0.276. The van der Waals surface area contributed by atoms with Gasteiger partial charge in [0.25, 0.3) is 11.8 Å². The summed E-state index contributed by atoms with van der Waals surface area (Å²) in [5.74, 6) is 1.04. The zero-order chi connectivity index (χ0) is 25.9. The third kappa shape index (κ3) is 7.79. The van der Waals surface area contributed by atoms with Gasteiger partial charge in [0, 0.05) is 18.7 Å². The molecule has 1 fully saturated rings. The van der Waals surface area contributed by atoms with Gasteiger partial charge in [-0.15, -0.1) is 0 Å². The van der Waals surface area contributed by atoms with Gasteiger partial charge in [-0.25, -0.2) is 0 Å². The quantitative estimate of drug-likeness (QED) is 0.312. The van der Waals surface area contributed by atoms with Crippen molar-refractivity contribution in [2.24, 2.45) is 0 Å². The fourth-order valence-electron chi connectivity index (χ4n) is 4.09. The van der Waals surface area contributed by atoms with E-state index >= 15 is 0 Å². The first-order valence-electron chi connectivity index (χ1n) is 12.5. The molecule has 0 radical (unpaired) electrons. The topological polar surface area (TPSA) is 79.9 Å². The first-order valence-corrected chi connectivity index (χ1v) is 12.9. The average molecular weight is 518 g/mol. The summed E-state index contributed by atoms with van der Waals surface area (Å²) < 4.78 is 11.3. The molecule has 7 nitrogen and oxygen atoms in total. The van der Waals surface area contributed by atoms with Crippen LogP contribution >= 0.6 is 12.2 Å². The molecule has 3 aromatic carbocycles. The molecule has 0 spiro atoms. The normalized spacial score (nSPS) is 13.2. The summed E-state index contributed by atoms with van der Waals surface area (Å²) in [6, 6.07) is 23.5. The first-order chi connectivity index (χ1) is 18.1. The van der Waals surface area contributed by atoms with Crippen LogP contribution in [0.15, 0.2) is 78.9 Å². The molecule has 1 saturated heterocycles. The lowest BCUT2D eigenvalue weighted by atomic mass is 10.1. The van der Waals surface area contributed by atoms with E-state index in [4.69, 9.17) is 21.7 Å². The van der Waals surface area contributed by atoms with Crippen molar-refractivity contribution >= 4 is 34.8 Å². The number of rotatable bonds is 8. The van der Waals surface area contributed by atoms with E-state index in [9.17, 15) is 9.59 Å². The Balaban J connectivity index is 1.27. The van der Waals surface area contributed by atoms with Crippen LogP contribution in [0.5, 0.6) is 11.5 Å². The summed E-state index contributed by atoms with van der Waals surface area (Å²) in [6.07, 6.45) is 4.33. The minimum Gasteiger partial charge on any atom is -0.490 e. The van der Waals surface area contributed by atoms with E-state index < -0.39 is 0 Å². The maximum Gasteiger partial charge on any atom is 0.257 e. The molecular weight excluding hydrogens is 486 g/mol. The van der Waals surface area contributed by atoms with Crippen LogP contribution in [-0.4, -0.2) is 48.1 Å². The Kier molecular flexibility index (Phi) is 9.48. The van der Waals surface area contributed by atoms with Crippen molar-refractivity contribution in [1.82, 2.24) is 10.2 Å². The molecule has 0 aromatic heterocycles. The molecule has 3 aromatic rings. The molecule has 192 valence electrons. The van der Waals surface area contributed by atoms with Gasteiger partial charge in [-0.3, -0.25) is 14.9 Å². The van der Waals surface area contributed by atoms with Crippen LogP contribution in [0.2, 0.25) is 0 Å². The predicted octanol–water partition coefficient (Wildman–Crippen LogP) is 5.29. The van der Waals surface area contributed by atoms with Crippen molar-refractivity contribution in [3.63, 3.8) is 0 Å². The van der Waals surface area contributed by atoms with Gasteiger partial charge in [-0.1, -0.05) is 43.2 Å². The number of amides is 2. The van der Waals surface area contributed by atoms with Crippen molar-refractivity contribution < 1.29 is 19.1 Å². The molecule has 0 unspecified atom stereocenters. The zero-order valence-corrected chi connectivity index (χ0v) is 21.5. The smallest absolute Gasteiger partial charge is 0.257 e. The number of nitrogens with one attached hydrogen (secondary N) is 2. The molecule has 4 rings (SSSR count). The Hall–Kier alpha value is -3.91. The maximum absolute atomic E-state index is 13.1. The second-order valence-electron chi connectivity index (χ2n) is 8.69. The van der Waals surface area contributed by atoms with Crippen molar-refractivity contribution in [2.45, 2.75) is 25.7 Å². The first kappa shape index (κ1) is 26.2. The van der Waals surface area contributed by atoms with E-state index in [1.165, 1.54) is 0 Å². The molecule has 0 aliphatic carbocycles. The molecule has 1 aliphatic rings. The summed E-state index contributed by atoms with van der Waals surface area (Å²) in [4.78, 5) is 27.7. The summed E-state index contributed by atoms with van der Waals surface area (Å²) in [6.45, 7) is 2.31. The Morgan fingerprint density at radius 1 is 0.757 bits per heavy atom. The van der Waals surface area contributed by atoms with E-state index in [1.54, 1.807) is 36.4 Å². The lowest BCUT2D eigenvalue weighted by Gasteiger charge is -2.22. The number of hydrogen-bond acceptors (Lipinski definition) is 5. The van der Waals surface area contributed by atoms with Crippen LogP contribution in [0.4, 0.5) is 5.69 Å². The average Bonchev–Trinajstić information content (AvgIpc) is 3.22. The van der Waals surface area contributed by atoms with Crippen molar-refractivity contribution in [1.29, 1.82) is 0 Å². The maximum atomic E-state index is 13.1. The molecule has 0 atom stereocenters. The van der Waals surface area contributed by atoms with Gasteiger partial charge < -0.3 is 19.7 Å². The number of nitrogens with zero attached hydrogens (tertiary/aromatic N) is 1. The number of benzene rings is 3. The minimum absolute atomic E-state index is 0.0242. The zero-order valence-electron chi connectivity index (χ0n) is 20.7. The molecule has 8 heteroatoms. The fourth-order valence-corrected chi connectivity index (χ4v) is 4.29. The number of para-hydroxylation sites is 2. The third-order valence-corrected chi connectivity index (χ3v) is 6.21. The largest absolute Gasteiger partial charge is 0.490 e. The van der Waals surface area contributed by atoms with Gasteiger partial charge in [0.05, 0.1) is 11.3 Å². The lowest BCUT2D eigenvalue weighted by molar-refractivity contribution is 0.0762. The van der Waals surface area contributed by atoms with Crippen LogP contribution < -0.4 is 20.1 Å². The van der Waals surface area contributed by atoms with Crippen LogP contribution in [0, 0.1) is 0 Å². The number of likely N-dealkylation sites (tertiary alicyclic amines) is 1. The highest BCUT2D eigenvalue weighted by molar-refractivity contribution is 7.80. The molecule has 2 N–H and O–H groups in total. The number of carbonyl (C=O) groups is 2. The number of ether oxygens (including phenoxy) is 2. The molecule has 2 amide bonds. The second kappa shape index (κ2) is 13.4. The van der Waals surface area contributed by atoms with Crippen LogP contribution in [0.1, 0.15) is 46.4 Å². The minimum atomic E-state index is -0.354. The number of thiocarbonyl (C=S) groups is 1. The summed E-state index contributed by atoms with van der Waals surface area (Å²) in [5, 5.41) is 5.83. The highest BCUT2D eigenvalue weighted by Gasteiger charge is 2.20. The highest BCUT2D eigenvalue weighted by atomic mass is 32.1. The van der Waals surface area contributed by atoms with Gasteiger partial charge in [0.2, 0.25) is 0 Å². The molecule has 1 heterocycles. The van der Waals surface area contributed by atoms with Crippen LogP contribution in [0.3, 0.4) is 0 Å². The van der Waals surface area contributed by atoms with E-state index in [0.29, 0.717) is 35.8 Å². The Labute approximate surface area is 222 Å². The Morgan fingerprint density at radius 2 is 1.35 bits per heavy atom. The van der Waals surface area contributed by atoms with Gasteiger partial charge in [0.15, 0.2) is 5.11 Å². The Bertz CT molecular complexity index is 1190. The van der Waals surface area contributed by atoms with E-state index in [0.717, 1.165) is 44.5 Å². The second-order valence-corrected chi connectivity index (χ2v) is 9.10. The SMILES string of the molecule is O=C(NC(=S)Nc1ccccc1C(=O)N1CCCCCC1)c1ccc(OCCOc2ccccc2)cc1. The molecule has 1 aliphatic heterocycles. The van der Waals surface area contributed by atoms with E-state index in [-0.39, 0.29) is 16.9 Å². The third-order valence-electron chi connectivity index (χ3n) is 6.01. The molecule has 0 bridgehead atoms. The van der Waals surface area contributed by atoms with Crippen molar-refractivity contribution in [3.8, 4) is 11.5 Å². The molecular formula is C29H31N3O4S. The monoisotopic (exact) mass is 517 g/mol. The summed E-state index contributed by atoms with van der Waals surface area (Å²) in [5.41, 5.74) is 1.55. The highest BCUT2D eigenvalue weighted by Crippen LogP contribution is 2.20. The van der Waals surface area contributed by atoms with Gasteiger partial charge in [-0.05, 0) is 73.6 Å². The van der Waals surface area contributed by atoms with Crippen LogP contribution in [0.25, 0.3) is 0 Å².